The zero-order chi connectivity index (χ0) is 21.3. The summed E-state index contributed by atoms with van der Waals surface area (Å²) < 4.78 is 11.3. The smallest absolute Gasteiger partial charge is 0.343 e. The molecule has 0 saturated heterocycles. The van der Waals surface area contributed by atoms with Gasteiger partial charge in [-0.1, -0.05) is 63.3 Å². The number of esters is 1. The van der Waals surface area contributed by atoms with Gasteiger partial charge in [-0.2, -0.15) is 0 Å². The highest BCUT2D eigenvalue weighted by atomic mass is 16.5. The molecule has 0 aromatic heterocycles. The summed E-state index contributed by atoms with van der Waals surface area (Å²) in [6.45, 7) is 7.11. The van der Waals surface area contributed by atoms with Gasteiger partial charge in [-0.15, -0.1) is 0 Å². The minimum atomic E-state index is -0.313. The van der Waals surface area contributed by atoms with Crippen molar-refractivity contribution in [2.45, 2.75) is 59.3 Å². The zero-order valence-electron chi connectivity index (χ0n) is 18.4. The van der Waals surface area contributed by atoms with Gasteiger partial charge in [0.2, 0.25) is 0 Å². The summed E-state index contributed by atoms with van der Waals surface area (Å²) in [5.74, 6) is 1.16. The van der Waals surface area contributed by atoms with Crippen molar-refractivity contribution >= 4 is 17.8 Å². The van der Waals surface area contributed by atoms with Crippen molar-refractivity contribution in [1.82, 2.24) is 0 Å². The maximum Gasteiger partial charge on any atom is 0.343 e. The molecule has 0 spiro atoms. The van der Waals surface area contributed by atoms with Crippen LogP contribution < -0.4 is 4.74 Å². The van der Waals surface area contributed by atoms with Crippen molar-refractivity contribution in [3.8, 4) is 5.75 Å². The van der Waals surface area contributed by atoms with Gasteiger partial charge in [0.15, 0.2) is 0 Å². The lowest BCUT2D eigenvalue weighted by atomic mass is 10.0. The van der Waals surface area contributed by atoms with E-state index in [-0.39, 0.29) is 5.97 Å². The molecule has 3 rings (SSSR count). The number of rotatable bonds is 10. The molecule has 3 nitrogen and oxygen atoms in total. The van der Waals surface area contributed by atoms with E-state index in [1.54, 1.807) is 0 Å². The highest BCUT2D eigenvalue weighted by Crippen LogP contribution is 2.28. The third-order valence-corrected chi connectivity index (χ3v) is 5.49. The Morgan fingerprint density at radius 3 is 2.37 bits per heavy atom. The molecule has 158 valence electrons. The van der Waals surface area contributed by atoms with Gasteiger partial charge in [0.25, 0.3) is 0 Å². The number of ether oxygens (including phenoxy) is 2. The topological polar surface area (TPSA) is 35.5 Å². The van der Waals surface area contributed by atoms with Crippen molar-refractivity contribution in [3.05, 3.63) is 76.4 Å². The molecule has 0 aliphatic carbocycles. The molecule has 0 unspecified atom stereocenters. The molecule has 1 aliphatic rings. The number of carbonyl (C=O) groups is 1. The maximum absolute atomic E-state index is 12.3. The Hall–Kier alpha value is -2.81. The van der Waals surface area contributed by atoms with Crippen LogP contribution in [0.25, 0.3) is 11.8 Å². The van der Waals surface area contributed by atoms with Gasteiger partial charge in [0.05, 0.1) is 12.2 Å². The van der Waals surface area contributed by atoms with Crippen LogP contribution in [0.2, 0.25) is 0 Å². The third-order valence-electron chi connectivity index (χ3n) is 5.49. The fraction of sp³-hybridized carbons (Fsp3) is 0.370. The van der Waals surface area contributed by atoms with Gasteiger partial charge in [-0.3, -0.25) is 0 Å². The van der Waals surface area contributed by atoms with Gasteiger partial charge < -0.3 is 9.47 Å². The van der Waals surface area contributed by atoms with E-state index in [9.17, 15) is 4.79 Å². The molecule has 1 aliphatic heterocycles. The predicted molar refractivity (Wildman–Crippen MR) is 123 cm³/mol. The molecule has 3 heteroatoms. The van der Waals surface area contributed by atoms with Gasteiger partial charge in [0.1, 0.15) is 11.5 Å². The van der Waals surface area contributed by atoms with Crippen molar-refractivity contribution in [3.63, 3.8) is 0 Å². The number of hydrogen-bond acceptors (Lipinski definition) is 3. The lowest BCUT2D eigenvalue weighted by Gasteiger charge is -2.06. The van der Waals surface area contributed by atoms with Gasteiger partial charge in [-0.25, -0.2) is 4.79 Å². The van der Waals surface area contributed by atoms with Crippen LogP contribution in [-0.4, -0.2) is 12.6 Å². The largest absolute Gasteiger partial charge is 0.494 e. The highest BCUT2D eigenvalue weighted by Gasteiger charge is 2.22. The minimum absolute atomic E-state index is 0.313. The average Bonchev–Trinajstić information content (AvgIpc) is 3.11. The highest BCUT2D eigenvalue weighted by molar-refractivity contribution is 6.05. The monoisotopic (exact) mass is 404 g/mol. The fourth-order valence-corrected chi connectivity index (χ4v) is 3.44. The summed E-state index contributed by atoms with van der Waals surface area (Å²) >= 11 is 0. The first-order valence-corrected chi connectivity index (χ1v) is 11.0. The molecular weight excluding hydrogens is 372 g/mol. The molecule has 0 radical (unpaired) electrons. The van der Waals surface area contributed by atoms with Crippen LogP contribution in [0.1, 0.15) is 67.7 Å². The molecule has 1 heterocycles. The lowest BCUT2D eigenvalue weighted by Crippen LogP contribution is -1.98. The maximum atomic E-state index is 12.3. The van der Waals surface area contributed by atoms with Crippen LogP contribution in [0.5, 0.6) is 5.75 Å². The second-order valence-electron chi connectivity index (χ2n) is 7.98. The van der Waals surface area contributed by atoms with Crippen LogP contribution in [0.4, 0.5) is 0 Å². The number of cyclic esters (lactones) is 1. The molecule has 0 fully saturated rings. The number of unbranched alkanes of at least 4 members (excludes halogenated alkanes) is 5. The molecule has 0 amide bonds. The molecule has 0 atom stereocenters. The Bertz CT molecular complexity index is 920. The fourth-order valence-electron chi connectivity index (χ4n) is 3.44. The van der Waals surface area contributed by atoms with Crippen LogP contribution in [-0.2, 0) is 9.53 Å². The number of benzene rings is 2. The van der Waals surface area contributed by atoms with E-state index in [0.29, 0.717) is 11.3 Å². The molecular formula is C27H32O3. The first-order chi connectivity index (χ1) is 14.6. The zero-order valence-corrected chi connectivity index (χ0v) is 18.4. The first-order valence-electron chi connectivity index (χ1n) is 11.0. The van der Waals surface area contributed by atoms with Gasteiger partial charge >= 0.3 is 5.97 Å². The van der Waals surface area contributed by atoms with Crippen molar-refractivity contribution in [2.24, 2.45) is 0 Å². The van der Waals surface area contributed by atoms with Gasteiger partial charge in [0, 0.05) is 5.56 Å². The summed E-state index contributed by atoms with van der Waals surface area (Å²) in [5, 5.41) is 0. The van der Waals surface area contributed by atoms with E-state index in [4.69, 9.17) is 9.47 Å². The van der Waals surface area contributed by atoms with Crippen LogP contribution in [0, 0.1) is 13.8 Å². The summed E-state index contributed by atoms with van der Waals surface area (Å²) in [7, 11) is 0. The molecule has 0 saturated carbocycles. The Morgan fingerprint density at radius 1 is 0.900 bits per heavy atom. The van der Waals surface area contributed by atoms with E-state index in [1.807, 2.05) is 54.6 Å². The third kappa shape index (κ3) is 6.09. The van der Waals surface area contributed by atoms with Crippen molar-refractivity contribution < 1.29 is 14.3 Å². The van der Waals surface area contributed by atoms with Crippen LogP contribution in [0.3, 0.4) is 0 Å². The summed E-state index contributed by atoms with van der Waals surface area (Å²) in [6.07, 6.45) is 11.2. The van der Waals surface area contributed by atoms with Gasteiger partial charge in [-0.05, 0) is 67.3 Å². The SMILES string of the molecule is CCCCCCCCOc1ccc(/C=C2/C=C(c3ccc(C)c(C)c3)OC2=O)cc1. The van der Waals surface area contributed by atoms with E-state index in [1.165, 1.54) is 43.2 Å². The Balaban J connectivity index is 1.56. The Kier molecular flexibility index (Phi) is 7.89. The molecule has 0 bridgehead atoms. The number of carbonyl (C=O) groups excluding carboxylic acids is 1. The van der Waals surface area contributed by atoms with E-state index < -0.39 is 0 Å². The summed E-state index contributed by atoms with van der Waals surface area (Å²) in [4.78, 5) is 12.3. The quantitative estimate of drug-likeness (QED) is 0.242. The minimum Gasteiger partial charge on any atom is -0.494 e. The molecule has 0 N–H and O–H groups in total. The Morgan fingerprint density at radius 2 is 1.63 bits per heavy atom. The second kappa shape index (κ2) is 10.8. The summed E-state index contributed by atoms with van der Waals surface area (Å²) in [6, 6.07) is 13.9. The molecule has 2 aromatic carbocycles. The van der Waals surface area contributed by atoms with Crippen LogP contribution >= 0.6 is 0 Å². The Labute approximate surface area is 180 Å². The van der Waals surface area contributed by atoms with E-state index >= 15 is 0 Å². The normalized spacial score (nSPS) is 14.7. The summed E-state index contributed by atoms with van der Waals surface area (Å²) in [5.41, 5.74) is 4.83. The average molecular weight is 405 g/mol. The van der Waals surface area contributed by atoms with E-state index in [2.05, 4.69) is 20.8 Å². The van der Waals surface area contributed by atoms with Crippen LogP contribution in [0.15, 0.2) is 54.1 Å². The standard InChI is InChI=1S/C27H32O3/c1-4-5-6-7-8-9-16-29-25-14-11-22(12-15-25)18-24-19-26(30-27(24)28)23-13-10-20(2)21(3)17-23/h10-15,17-19H,4-9,16H2,1-3H3/b24-18-. The first kappa shape index (κ1) is 21.9. The lowest BCUT2D eigenvalue weighted by molar-refractivity contribution is -0.130. The van der Waals surface area contributed by atoms with Crippen molar-refractivity contribution in [2.75, 3.05) is 6.61 Å². The van der Waals surface area contributed by atoms with E-state index in [0.717, 1.165) is 29.9 Å². The second-order valence-corrected chi connectivity index (χ2v) is 7.98. The number of aryl methyl sites for hydroxylation is 2. The molecule has 2 aromatic rings. The van der Waals surface area contributed by atoms with Crippen molar-refractivity contribution in [1.29, 1.82) is 0 Å². The number of hydrogen-bond donors (Lipinski definition) is 0. The molecule has 30 heavy (non-hydrogen) atoms. The predicted octanol–water partition coefficient (Wildman–Crippen LogP) is 7.02.